The van der Waals surface area contributed by atoms with Crippen LogP contribution in [0.15, 0.2) is 24.3 Å². The standard InChI is InChI=1S/C16H23ClN2O3/c1-13(16(20)21-2)19-9-7-18(8-10-19)11-12-22-15-6-4-3-5-14(15)17/h3-6,13H,7-12H2,1-2H3. The molecule has 2 rings (SSSR count). The normalized spacial score (nSPS) is 18.0. The molecule has 1 fully saturated rings. The van der Waals surface area contributed by atoms with Crippen LogP contribution in [0, 0.1) is 0 Å². The fraction of sp³-hybridized carbons (Fsp3) is 0.562. The summed E-state index contributed by atoms with van der Waals surface area (Å²) in [6.07, 6.45) is 0. The molecule has 22 heavy (non-hydrogen) atoms. The first kappa shape index (κ1) is 17.1. The molecule has 1 heterocycles. The summed E-state index contributed by atoms with van der Waals surface area (Å²) in [4.78, 5) is 16.0. The number of benzene rings is 1. The lowest BCUT2D eigenvalue weighted by Crippen LogP contribution is -2.52. The molecular weight excluding hydrogens is 304 g/mol. The average Bonchev–Trinajstić information content (AvgIpc) is 2.56. The van der Waals surface area contributed by atoms with Crippen molar-refractivity contribution in [2.24, 2.45) is 0 Å². The van der Waals surface area contributed by atoms with Crippen LogP contribution in [0.25, 0.3) is 0 Å². The highest BCUT2D eigenvalue weighted by atomic mass is 35.5. The second-order valence-electron chi connectivity index (χ2n) is 5.36. The van der Waals surface area contributed by atoms with Gasteiger partial charge in [-0.05, 0) is 19.1 Å². The van der Waals surface area contributed by atoms with Gasteiger partial charge in [0.15, 0.2) is 0 Å². The molecule has 0 aromatic heterocycles. The molecule has 0 saturated carbocycles. The molecule has 1 aliphatic heterocycles. The first-order valence-electron chi connectivity index (χ1n) is 7.53. The Bertz CT molecular complexity index is 490. The zero-order chi connectivity index (χ0) is 15.9. The quantitative estimate of drug-likeness (QED) is 0.747. The molecule has 0 N–H and O–H groups in total. The maximum Gasteiger partial charge on any atom is 0.322 e. The Hall–Kier alpha value is -1.30. The van der Waals surface area contributed by atoms with Crippen LogP contribution >= 0.6 is 11.6 Å². The molecule has 0 spiro atoms. The lowest BCUT2D eigenvalue weighted by Gasteiger charge is -2.36. The minimum Gasteiger partial charge on any atom is -0.491 e. The second kappa shape index (κ2) is 8.36. The number of halogens is 1. The van der Waals surface area contributed by atoms with E-state index in [0.29, 0.717) is 11.6 Å². The fourth-order valence-corrected chi connectivity index (χ4v) is 2.73. The Morgan fingerprint density at radius 2 is 1.95 bits per heavy atom. The lowest BCUT2D eigenvalue weighted by molar-refractivity contribution is -0.147. The molecule has 6 heteroatoms. The van der Waals surface area contributed by atoms with E-state index in [0.717, 1.165) is 38.5 Å². The van der Waals surface area contributed by atoms with Gasteiger partial charge >= 0.3 is 5.97 Å². The van der Waals surface area contributed by atoms with Gasteiger partial charge in [-0.2, -0.15) is 0 Å². The predicted octanol–water partition coefficient (Wildman–Crippen LogP) is 1.90. The SMILES string of the molecule is COC(=O)C(C)N1CCN(CCOc2ccccc2Cl)CC1. The monoisotopic (exact) mass is 326 g/mol. The van der Waals surface area contributed by atoms with Gasteiger partial charge in [0, 0.05) is 32.7 Å². The van der Waals surface area contributed by atoms with Gasteiger partial charge in [-0.3, -0.25) is 14.6 Å². The van der Waals surface area contributed by atoms with E-state index in [-0.39, 0.29) is 12.0 Å². The first-order valence-corrected chi connectivity index (χ1v) is 7.91. The zero-order valence-corrected chi connectivity index (χ0v) is 13.9. The highest BCUT2D eigenvalue weighted by Crippen LogP contribution is 2.22. The molecule has 0 bridgehead atoms. The number of nitrogens with zero attached hydrogens (tertiary/aromatic N) is 2. The second-order valence-corrected chi connectivity index (χ2v) is 5.76. The van der Waals surface area contributed by atoms with E-state index in [1.54, 1.807) is 0 Å². The van der Waals surface area contributed by atoms with Crippen molar-refractivity contribution in [1.29, 1.82) is 0 Å². The summed E-state index contributed by atoms with van der Waals surface area (Å²) in [6, 6.07) is 7.32. The Morgan fingerprint density at radius 3 is 2.59 bits per heavy atom. The van der Waals surface area contributed by atoms with E-state index >= 15 is 0 Å². The van der Waals surface area contributed by atoms with Gasteiger partial charge in [0.1, 0.15) is 18.4 Å². The Morgan fingerprint density at radius 1 is 1.27 bits per heavy atom. The molecule has 1 aromatic rings. The van der Waals surface area contributed by atoms with Gasteiger partial charge in [-0.15, -0.1) is 0 Å². The summed E-state index contributed by atoms with van der Waals surface area (Å²) in [5.41, 5.74) is 0. The van der Waals surface area contributed by atoms with Crippen molar-refractivity contribution in [2.75, 3.05) is 46.4 Å². The molecule has 122 valence electrons. The Balaban J connectivity index is 1.70. The molecule has 0 amide bonds. The highest BCUT2D eigenvalue weighted by Gasteiger charge is 2.25. The first-order chi connectivity index (χ1) is 10.6. The molecule has 5 nitrogen and oxygen atoms in total. The van der Waals surface area contributed by atoms with Crippen LogP contribution in [0.1, 0.15) is 6.92 Å². The van der Waals surface area contributed by atoms with Crippen LogP contribution in [0.2, 0.25) is 5.02 Å². The van der Waals surface area contributed by atoms with Crippen LogP contribution in [0.4, 0.5) is 0 Å². The van der Waals surface area contributed by atoms with Crippen LogP contribution in [-0.2, 0) is 9.53 Å². The van der Waals surface area contributed by atoms with Gasteiger partial charge < -0.3 is 9.47 Å². The number of carbonyl (C=O) groups excluding carboxylic acids is 1. The molecule has 0 aliphatic carbocycles. The number of carbonyl (C=O) groups is 1. The Labute approximate surface area is 136 Å². The van der Waals surface area contributed by atoms with Crippen LogP contribution in [-0.4, -0.2) is 68.3 Å². The van der Waals surface area contributed by atoms with Gasteiger partial charge in [-0.1, -0.05) is 23.7 Å². The third kappa shape index (κ3) is 4.60. The number of methoxy groups -OCH3 is 1. The molecule has 1 aliphatic rings. The largest absolute Gasteiger partial charge is 0.491 e. The summed E-state index contributed by atoms with van der Waals surface area (Å²) in [7, 11) is 1.43. The molecular formula is C16H23ClN2O3. The van der Waals surface area contributed by atoms with E-state index < -0.39 is 0 Å². The van der Waals surface area contributed by atoms with Crippen molar-refractivity contribution in [1.82, 2.24) is 9.80 Å². The highest BCUT2D eigenvalue weighted by molar-refractivity contribution is 6.32. The number of hydrogen-bond acceptors (Lipinski definition) is 5. The van der Waals surface area contributed by atoms with Gasteiger partial charge in [-0.25, -0.2) is 0 Å². The number of piperazine rings is 1. The van der Waals surface area contributed by atoms with Crippen molar-refractivity contribution >= 4 is 17.6 Å². The minimum absolute atomic E-state index is 0.171. The average molecular weight is 327 g/mol. The maximum atomic E-state index is 11.5. The topological polar surface area (TPSA) is 42.0 Å². The zero-order valence-electron chi connectivity index (χ0n) is 13.1. The number of ether oxygens (including phenoxy) is 2. The van der Waals surface area contributed by atoms with E-state index in [1.807, 2.05) is 31.2 Å². The Kier molecular flexibility index (Phi) is 6.49. The van der Waals surface area contributed by atoms with Crippen molar-refractivity contribution in [3.63, 3.8) is 0 Å². The molecule has 0 radical (unpaired) electrons. The van der Waals surface area contributed by atoms with Gasteiger partial charge in [0.25, 0.3) is 0 Å². The molecule has 1 atom stereocenters. The number of hydrogen-bond donors (Lipinski definition) is 0. The summed E-state index contributed by atoms with van der Waals surface area (Å²) in [6.45, 7) is 6.93. The summed E-state index contributed by atoms with van der Waals surface area (Å²) in [5.74, 6) is 0.553. The summed E-state index contributed by atoms with van der Waals surface area (Å²) in [5, 5.41) is 0.638. The van der Waals surface area contributed by atoms with Gasteiger partial charge in [0.2, 0.25) is 0 Å². The molecule has 1 saturated heterocycles. The van der Waals surface area contributed by atoms with Crippen molar-refractivity contribution in [3.8, 4) is 5.75 Å². The lowest BCUT2D eigenvalue weighted by atomic mass is 10.2. The predicted molar refractivity (Wildman–Crippen MR) is 86.4 cm³/mol. The fourth-order valence-electron chi connectivity index (χ4n) is 2.54. The van der Waals surface area contributed by atoms with Crippen molar-refractivity contribution in [2.45, 2.75) is 13.0 Å². The summed E-state index contributed by atoms with van der Waals surface area (Å²) >= 11 is 6.05. The van der Waals surface area contributed by atoms with Crippen LogP contribution in [0.5, 0.6) is 5.75 Å². The minimum atomic E-state index is -0.175. The van der Waals surface area contributed by atoms with Crippen LogP contribution in [0.3, 0.4) is 0 Å². The van der Waals surface area contributed by atoms with E-state index in [9.17, 15) is 4.79 Å². The van der Waals surface area contributed by atoms with Crippen molar-refractivity contribution in [3.05, 3.63) is 29.3 Å². The van der Waals surface area contributed by atoms with Crippen molar-refractivity contribution < 1.29 is 14.3 Å². The maximum absolute atomic E-state index is 11.5. The van der Waals surface area contributed by atoms with E-state index in [4.69, 9.17) is 21.1 Å². The van der Waals surface area contributed by atoms with Crippen LogP contribution < -0.4 is 4.74 Å². The smallest absolute Gasteiger partial charge is 0.322 e. The number of para-hydroxylation sites is 1. The third-order valence-corrected chi connectivity index (χ3v) is 4.31. The number of rotatable bonds is 6. The third-order valence-electron chi connectivity index (χ3n) is 4.00. The van der Waals surface area contributed by atoms with E-state index in [2.05, 4.69) is 9.80 Å². The molecule has 1 unspecified atom stereocenters. The summed E-state index contributed by atoms with van der Waals surface area (Å²) < 4.78 is 10.5. The van der Waals surface area contributed by atoms with Gasteiger partial charge in [0.05, 0.1) is 12.1 Å². The number of esters is 1. The van der Waals surface area contributed by atoms with E-state index in [1.165, 1.54) is 7.11 Å². The molecule has 1 aromatic carbocycles.